The molecule has 1 unspecified atom stereocenters. The zero-order chi connectivity index (χ0) is 14.3. The lowest BCUT2D eigenvalue weighted by molar-refractivity contribution is 0.0950. The minimum atomic E-state index is -0.418. The fourth-order valence-electron chi connectivity index (χ4n) is 1.49. The number of aliphatic hydroxyl groups is 1. The van der Waals surface area contributed by atoms with E-state index in [2.05, 4.69) is 10.6 Å². The lowest BCUT2D eigenvalue weighted by Gasteiger charge is -2.10. The van der Waals surface area contributed by atoms with Crippen LogP contribution in [-0.4, -0.2) is 49.0 Å². The summed E-state index contributed by atoms with van der Waals surface area (Å²) in [7, 11) is 1.49. The number of hydrogen-bond acceptors (Lipinski definition) is 5. The highest BCUT2D eigenvalue weighted by Crippen LogP contribution is 2.22. The van der Waals surface area contributed by atoms with Crippen LogP contribution in [0.3, 0.4) is 0 Å². The molecule has 0 aliphatic carbocycles. The van der Waals surface area contributed by atoms with Crippen molar-refractivity contribution in [3.8, 4) is 11.5 Å². The van der Waals surface area contributed by atoms with Crippen LogP contribution in [0.2, 0.25) is 0 Å². The van der Waals surface area contributed by atoms with Gasteiger partial charge in [-0.2, -0.15) is 0 Å². The van der Waals surface area contributed by atoms with Crippen molar-refractivity contribution in [2.45, 2.75) is 13.0 Å². The third-order valence-corrected chi connectivity index (χ3v) is 2.48. The Hall–Kier alpha value is -1.79. The Labute approximate surface area is 112 Å². The van der Waals surface area contributed by atoms with Gasteiger partial charge in [-0.1, -0.05) is 0 Å². The van der Waals surface area contributed by atoms with Crippen molar-refractivity contribution in [2.24, 2.45) is 0 Å². The maximum atomic E-state index is 11.8. The number of aromatic hydroxyl groups is 1. The average Bonchev–Trinajstić information content (AvgIpc) is 2.38. The highest BCUT2D eigenvalue weighted by Gasteiger charge is 2.11. The van der Waals surface area contributed by atoms with Crippen molar-refractivity contribution in [1.82, 2.24) is 10.6 Å². The lowest BCUT2D eigenvalue weighted by atomic mass is 10.1. The summed E-state index contributed by atoms with van der Waals surface area (Å²) in [6, 6.07) is 4.48. The molecule has 0 aliphatic heterocycles. The van der Waals surface area contributed by atoms with Crippen molar-refractivity contribution >= 4 is 5.91 Å². The summed E-state index contributed by atoms with van der Waals surface area (Å²) in [5, 5.41) is 24.3. The summed E-state index contributed by atoms with van der Waals surface area (Å²) in [6.45, 7) is 3.10. The van der Waals surface area contributed by atoms with E-state index < -0.39 is 6.10 Å². The monoisotopic (exact) mass is 268 g/mol. The molecule has 1 atom stereocenters. The Kier molecular flexibility index (Phi) is 6.11. The fraction of sp³-hybridized carbons (Fsp3) is 0.462. The highest BCUT2D eigenvalue weighted by molar-refractivity contribution is 5.97. The molecule has 19 heavy (non-hydrogen) atoms. The third-order valence-electron chi connectivity index (χ3n) is 2.48. The maximum Gasteiger partial charge on any atom is 0.255 e. The summed E-state index contributed by atoms with van der Waals surface area (Å²) in [6.07, 6.45) is -0.418. The second kappa shape index (κ2) is 7.60. The Morgan fingerprint density at radius 3 is 2.79 bits per heavy atom. The summed E-state index contributed by atoms with van der Waals surface area (Å²) in [5.41, 5.74) is 0.176. The number of amides is 1. The molecule has 0 heterocycles. The van der Waals surface area contributed by atoms with Gasteiger partial charge in [0.25, 0.3) is 5.91 Å². The van der Waals surface area contributed by atoms with Gasteiger partial charge >= 0.3 is 0 Å². The first-order valence-corrected chi connectivity index (χ1v) is 6.08. The summed E-state index contributed by atoms with van der Waals surface area (Å²) in [4.78, 5) is 11.8. The van der Waals surface area contributed by atoms with Crippen molar-refractivity contribution in [1.29, 1.82) is 0 Å². The quantitative estimate of drug-likeness (QED) is 0.527. The van der Waals surface area contributed by atoms with E-state index in [0.29, 0.717) is 25.4 Å². The van der Waals surface area contributed by atoms with E-state index in [4.69, 9.17) is 9.84 Å². The molecule has 0 radical (unpaired) electrons. The number of carbonyl (C=O) groups is 1. The first-order valence-electron chi connectivity index (χ1n) is 6.08. The summed E-state index contributed by atoms with van der Waals surface area (Å²) >= 11 is 0. The number of benzene rings is 1. The van der Waals surface area contributed by atoms with E-state index in [-0.39, 0.29) is 17.2 Å². The Balaban J connectivity index is 2.45. The molecule has 1 aromatic carbocycles. The molecule has 0 aromatic heterocycles. The number of ether oxygens (including phenoxy) is 1. The van der Waals surface area contributed by atoms with Gasteiger partial charge in [-0.3, -0.25) is 4.79 Å². The van der Waals surface area contributed by atoms with Crippen LogP contribution < -0.4 is 15.4 Å². The Bertz CT molecular complexity index is 421. The van der Waals surface area contributed by atoms with Crippen molar-refractivity contribution in [2.75, 3.05) is 26.7 Å². The molecular weight excluding hydrogens is 248 g/mol. The van der Waals surface area contributed by atoms with E-state index >= 15 is 0 Å². The molecule has 4 N–H and O–H groups in total. The van der Waals surface area contributed by atoms with Gasteiger partial charge in [0, 0.05) is 19.6 Å². The average molecular weight is 268 g/mol. The van der Waals surface area contributed by atoms with Gasteiger partial charge < -0.3 is 25.6 Å². The van der Waals surface area contributed by atoms with Gasteiger partial charge in [0.15, 0.2) is 0 Å². The van der Waals surface area contributed by atoms with E-state index in [1.807, 2.05) is 0 Å². The number of carbonyl (C=O) groups excluding carboxylic acids is 1. The van der Waals surface area contributed by atoms with Crippen LogP contribution in [0.25, 0.3) is 0 Å². The minimum Gasteiger partial charge on any atom is -0.507 e. The lowest BCUT2D eigenvalue weighted by Crippen LogP contribution is -2.34. The molecule has 0 saturated carbocycles. The van der Waals surface area contributed by atoms with Crippen molar-refractivity contribution < 1.29 is 19.7 Å². The molecular formula is C13H20N2O4. The van der Waals surface area contributed by atoms with E-state index in [0.717, 1.165) is 0 Å². The van der Waals surface area contributed by atoms with Crippen molar-refractivity contribution in [3.63, 3.8) is 0 Å². The van der Waals surface area contributed by atoms with Gasteiger partial charge in [-0.25, -0.2) is 0 Å². The number of hydrogen-bond donors (Lipinski definition) is 4. The molecule has 6 nitrogen and oxygen atoms in total. The number of rotatable bonds is 7. The zero-order valence-electron chi connectivity index (χ0n) is 11.1. The number of methoxy groups -OCH3 is 1. The first kappa shape index (κ1) is 15.3. The molecule has 0 fully saturated rings. The molecule has 0 saturated heterocycles. The standard InChI is InChI=1S/C13H20N2O4/c1-9(16)8-14-5-6-15-13(18)11-7-10(19-2)3-4-12(11)17/h3-4,7,9,14,16-17H,5-6,8H2,1-2H3,(H,15,18). The van der Waals surface area contributed by atoms with Crippen LogP contribution in [0, 0.1) is 0 Å². The molecule has 0 bridgehead atoms. The van der Waals surface area contributed by atoms with Crippen molar-refractivity contribution in [3.05, 3.63) is 23.8 Å². The molecule has 1 amide bonds. The van der Waals surface area contributed by atoms with E-state index in [1.165, 1.54) is 19.2 Å². The van der Waals surface area contributed by atoms with Gasteiger partial charge in [-0.15, -0.1) is 0 Å². The minimum absolute atomic E-state index is 0.0877. The van der Waals surface area contributed by atoms with Crippen LogP contribution in [0.4, 0.5) is 0 Å². The van der Waals surface area contributed by atoms with Gasteiger partial charge in [0.2, 0.25) is 0 Å². The Morgan fingerprint density at radius 1 is 1.42 bits per heavy atom. The molecule has 0 spiro atoms. The van der Waals surface area contributed by atoms with E-state index in [1.54, 1.807) is 13.0 Å². The first-order chi connectivity index (χ1) is 9.04. The highest BCUT2D eigenvalue weighted by atomic mass is 16.5. The molecule has 1 rings (SSSR count). The topological polar surface area (TPSA) is 90.8 Å². The SMILES string of the molecule is COc1ccc(O)c(C(=O)NCCNCC(C)O)c1. The fourth-order valence-corrected chi connectivity index (χ4v) is 1.49. The molecule has 0 aliphatic rings. The third kappa shape index (κ3) is 5.15. The van der Waals surface area contributed by atoms with Crippen LogP contribution in [0.15, 0.2) is 18.2 Å². The van der Waals surface area contributed by atoms with Crippen LogP contribution in [-0.2, 0) is 0 Å². The second-order valence-corrected chi connectivity index (χ2v) is 4.19. The van der Waals surface area contributed by atoms with Crippen LogP contribution in [0.5, 0.6) is 11.5 Å². The smallest absolute Gasteiger partial charge is 0.255 e. The number of nitrogens with one attached hydrogen (secondary N) is 2. The van der Waals surface area contributed by atoms with E-state index in [9.17, 15) is 9.90 Å². The van der Waals surface area contributed by atoms with Gasteiger partial charge in [0.05, 0.1) is 18.8 Å². The number of phenols is 1. The predicted octanol–water partition coefficient (Wildman–Crippen LogP) is 0.101. The molecule has 106 valence electrons. The van der Waals surface area contributed by atoms with Crippen LogP contribution in [0.1, 0.15) is 17.3 Å². The maximum absolute atomic E-state index is 11.8. The second-order valence-electron chi connectivity index (χ2n) is 4.19. The summed E-state index contributed by atoms with van der Waals surface area (Å²) < 4.78 is 5.00. The number of aliphatic hydroxyl groups excluding tert-OH is 1. The largest absolute Gasteiger partial charge is 0.507 e. The Morgan fingerprint density at radius 2 is 2.16 bits per heavy atom. The summed E-state index contributed by atoms with van der Waals surface area (Å²) in [5.74, 6) is 0.0562. The van der Waals surface area contributed by atoms with Crippen LogP contribution >= 0.6 is 0 Å². The molecule has 1 aromatic rings. The normalized spacial score (nSPS) is 11.9. The zero-order valence-corrected chi connectivity index (χ0v) is 11.1. The molecule has 6 heteroatoms. The van der Waals surface area contributed by atoms with Gasteiger partial charge in [0.1, 0.15) is 11.5 Å². The van der Waals surface area contributed by atoms with Gasteiger partial charge in [-0.05, 0) is 25.1 Å². The predicted molar refractivity (Wildman–Crippen MR) is 71.5 cm³/mol. The number of phenolic OH excluding ortho intramolecular Hbond substituents is 1.